The fourth-order valence-corrected chi connectivity index (χ4v) is 7.66. The first kappa shape index (κ1) is 23.3. The third-order valence-corrected chi connectivity index (χ3v) is 10.3. The summed E-state index contributed by atoms with van der Waals surface area (Å²) >= 11 is 0. The van der Waals surface area contributed by atoms with Crippen molar-refractivity contribution in [2.45, 2.75) is 6.17 Å². The van der Waals surface area contributed by atoms with Gasteiger partial charge in [-0.05, 0) is 52.0 Å². The highest BCUT2D eigenvalue weighted by atomic mass is 15.3. The average molecular weight is 728 g/mol. The molecule has 8 aromatic carbocycles. The van der Waals surface area contributed by atoms with Gasteiger partial charge in [0.1, 0.15) is 12.0 Å². The predicted molar refractivity (Wildman–Crippen MR) is 233 cm³/mol. The lowest BCUT2D eigenvalue weighted by Gasteiger charge is -2.24. The van der Waals surface area contributed by atoms with Crippen LogP contribution in [0, 0.1) is 0 Å². The van der Waals surface area contributed by atoms with Crippen molar-refractivity contribution in [3.63, 3.8) is 0 Å². The quantitative estimate of drug-likeness (QED) is 0.188. The Labute approximate surface area is 338 Å². The highest BCUT2D eigenvalue weighted by Crippen LogP contribution is 2.41. The minimum atomic E-state index is -0.767. The van der Waals surface area contributed by atoms with E-state index in [4.69, 9.17) is 15.5 Å². The number of nitrogens with zero attached hydrogens (tertiary/aromatic N) is 4. The van der Waals surface area contributed by atoms with Gasteiger partial charge in [-0.25, -0.2) is 4.99 Å². The summed E-state index contributed by atoms with van der Waals surface area (Å²) in [6.45, 7) is 0. The van der Waals surface area contributed by atoms with Gasteiger partial charge in [0, 0.05) is 32.8 Å². The number of aromatic nitrogens is 2. The number of hydrogen-bond donors (Lipinski definition) is 1. The second kappa shape index (κ2) is 13.1. The van der Waals surface area contributed by atoms with Crippen LogP contribution in [0.15, 0.2) is 210 Å². The summed E-state index contributed by atoms with van der Waals surface area (Å²) < 4.78 is 95.6. The SMILES string of the molecule is [2H]c1c([2H])c([2H])c2c(c1[2H])c1c([2H])c([2H])c3c4c([2H])c([2H])c([2H])c([2H])c4n(-c4cccc(-c5ccccc5)c4)c3c1n2C1=NC(c2ccccc2)NC(c2ccc(-c3ccccc3)cc2)=N1. The Morgan fingerprint density at radius 2 is 0.982 bits per heavy atom. The number of benzene rings is 8. The summed E-state index contributed by atoms with van der Waals surface area (Å²) in [5.74, 6) is 0.405. The van der Waals surface area contributed by atoms with Crippen molar-refractivity contribution in [2.75, 3.05) is 0 Å². The molecule has 1 aliphatic heterocycles. The van der Waals surface area contributed by atoms with Crippen molar-refractivity contribution in [1.29, 1.82) is 0 Å². The van der Waals surface area contributed by atoms with Gasteiger partial charge in [0.25, 0.3) is 0 Å². The Hall–Kier alpha value is -7.50. The molecular formula is C51H35N5. The molecule has 0 radical (unpaired) electrons. The van der Waals surface area contributed by atoms with E-state index in [1.165, 1.54) is 4.57 Å². The number of amidine groups is 1. The van der Waals surface area contributed by atoms with Crippen LogP contribution < -0.4 is 5.32 Å². The molecule has 0 bridgehead atoms. The largest absolute Gasteiger partial charge is 0.344 e. The lowest BCUT2D eigenvalue weighted by atomic mass is 10.0. The van der Waals surface area contributed by atoms with Crippen LogP contribution >= 0.6 is 0 Å². The van der Waals surface area contributed by atoms with E-state index in [1.54, 1.807) is 10.6 Å². The molecule has 1 atom stereocenters. The van der Waals surface area contributed by atoms with E-state index < -0.39 is 54.5 Å². The topological polar surface area (TPSA) is 46.6 Å². The van der Waals surface area contributed by atoms with E-state index in [-0.39, 0.29) is 61.7 Å². The molecule has 56 heavy (non-hydrogen) atoms. The van der Waals surface area contributed by atoms with Gasteiger partial charge in [-0.1, -0.05) is 176 Å². The predicted octanol–water partition coefficient (Wildman–Crippen LogP) is 12.2. The molecule has 0 amide bonds. The zero-order valence-electron chi connectivity index (χ0n) is 39.6. The van der Waals surface area contributed by atoms with Gasteiger partial charge in [-0.2, -0.15) is 4.99 Å². The van der Waals surface area contributed by atoms with E-state index >= 15 is 0 Å². The Bertz CT molecular complexity index is 3720. The first-order valence-electron chi connectivity index (χ1n) is 23.2. The molecule has 0 saturated heterocycles. The second-order valence-corrected chi connectivity index (χ2v) is 13.5. The van der Waals surface area contributed by atoms with Crippen LogP contribution in [0.25, 0.3) is 71.6 Å². The van der Waals surface area contributed by atoms with Gasteiger partial charge >= 0.3 is 0 Å². The molecular weight excluding hydrogens is 683 g/mol. The molecule has 0 fully saturated rings. The molecule has 0 spiro atoms. The number of hydrogen-bond acceptors (Lipinski definition) is 3. The molecule has 264 valence electrons. The molecule has 2 aromatic heterocycles. The van der Waals surface area contributed by atoms with Crippen LogP contribution in [0.4, 0.5) is 0 Å². The molecule has 0 aliphatic carbocycles. The third-order valence-electron chi connectivity index (χ3n) is 10.3. The van der Waals surface area contributed by atoms with Crippen molar-refractivity contribution in [2.24, 2.45) is 9.98 Å². The molecule has 0 saturated carbocycles. The lowest BCUT2D eigenvalue weighted by Crippen LogP contribution is -2.35. The van der Waals surface area contributed by atoms with Gasteiger partial charge in [-0.15, -0.1) is 0 Å². The van der Waals surface area contributed by atoms with Gasteiger partial charge < -0.3 is 9.88 Å². The zero-order valence-corrected chi connectivity index (χ0v) is 29.6. The zero-order chi connectivity index (χ0) is 45.7. The lowest BCUT2D eigenvalue weighted by molar-refractivity contribution is 0.668. The number of fused-ring (bicyclic) bond motifs is 7. The highest BCUT2D eigenvalue weighted by Gasteiger charge is 2.26. The molecule has 5 nitrogen and oxygen atoms in total. The minimum absolute atomic E-state index is 0.00241. The molecule has 11 rings (SSSR count). The van der Waals surface area contributed by atoms with E-state index in [9.17, 15) is 8.22 Å². The summed E-state index contributed by atoms with van der Waals surface area (Å²) in [5, 5.41) is 3.50. The minimum Gasteiger partial charge on any atom is -0.344 e. The van der Waals surface area contributed by atoms with E-state index in [1.807, 2.05) is 133 Å². The maximum atomic E-state index is 9.72. The average Bonchev–Trinajstić information content (AvgIpc) is 3.91. The maximum Gasteiger partial charge on any atom is 0.234 e. The number of nitrogens with one attached hydrogen (secondary N) is 1. The van der Waals surface area contributed by atoms with E-state index in [0.29, 0.717) is 17.1 Å². The van der Waals surface area contributed by atoms with Crippen LogP contribution in [-0.2, 0) is 0 Å². The first-order valence-corrected chi connectivity index (χ1v) is 18.2. The van der Waals surface area contributed by atoms with Crippen molar-refractivity contribution >= 4 is 55.4 Å². The standard InChI is InChI=1S/C51H35N5/c1-4-15-34(16-5-1)36-27-29-38(30-28-36)50-52-49(37-19-8-3-9-20-37)53-51(54-50)56-46-26-13-11-24-42(46)44-32-31-43-41-23-10-12-25-45(41)55(47(43)48(44)56)40-22-14-21-39(33-40)35-17-6-2-7-18-35/h1-33,49H,(H,52,53,54)/i10D,11D,12D,13D,23D,24D,25D,26D,31D,32D. The summed E-state index contributed by atoms with van der Waals surface area (Å²) in [7, 11) is 0. The van der Waals surface area contributed by atoms with Gasteiger partial charge in [0.2, 0.25) is 5.96 Å². The molecule has 1 unspecified atom stereocenters. The smallest absolute Gasteiger partial charge is 0.234 e. The Morgan fingerprint density at radius 3 is 1.64 bits per heavy atom. The normalized spacial score (nSPS) is 16.8. The molecule has 5 heteroatoms. The fraction of sp³-hybridized carbons (Fsp3) is 0.0196. The first-order chi connectivity index (χ1) is 31.9. The summed E-state index contributed by atoms with van der Waals surface area (Å²) in [6, 6.07) is 39.8. The summed E-state index contributed by atoms with van der Waals surface area (Å²) in [5.41, 5.74) is 5.93. The Balaban J connectivity index is 1.33. The van der Waals surface area contributed by atoms with Crippen molar-refractivity contribution in [3.05, 3.63) is 211 Å². The van der Waals surface area contributed by atoms with Crippen LogP contribution in [0.5, 0.6) is 0 Å². The monoisotopic (exact) mass is 727 g/mol. The maximum absolute atomic E-state index is 9.72. The van der Waals surface area contributed by atoms with Gasteiger partial charge in [-0.3, -0.25) is 4.57 Å². The second-order valence-electron chi connectivity index (χ2n) is 13.5. The Morgan fingerprint density at radius 1 is 0.464 bits per heavy atom. The van der Waals surface area contributed by atoms with Crippen molar-refractivity contribution < 1.29 is 13.7 Å². The van der Waals surface area contributed by atoms with Crippen LogP contribution in [0.1, 0.15) is 31.0 Å². The van der Waals surface area contributed by atoms with Crippen molar-refractivity contribution in [1.82, 2.24) is 14.5 Å². The summed E-state index contributed by atoms with van der Waals surface area (Å²) in [6.07, 6.45) is -0.767. The number of aliphatic imine (C=N–C) groups is 2. The highest BCUT2D eigenvalue weighted by molar-refractivity contribution is 6.26. The van der Waals surface area contributed by atoms with E-state index in [2.05, 4.69) is 5.32 Å². The Kier molecular flexibility index (Phi) is 5.46. The van der Waals surface area contributed by atoms with Crippen LogP contribution in [0.3, 0.4) is 0 Å². The van der Waals surface area contributed by atoms with Crippen LogP contribution in [0.2, 0.25) is 0 Å². The summed E-state index contributed by atoms with van der Waals surface area (Å²) in [4.78, 5) is 10.3. The molecule has 1 aliphatic rings. The molecule has 10 aromatic rings. The van der Waals surface area contributed by atoms with Crippen molar-refractivity contribution in [3.8, 4) is 27.9 Å². The van der Waals surface area contributed by atoms with Crippen LogP contribution in [-0.4, -0.2) is 20.9 Å². The van der Waals surface area contributed by atoms with E-state index in [0.717, 1.165) is 27.8 Å². The fourth-order valence-electron chi connectivity index (χ4n) is 7.66. The van der Waals surface area contributed by atoms with Gasteiger partial charge in [0.05, 0.1) is 35.8 Å². The molecule has 1 N–H and O–H groups in total. The number of rotatable bonds is 5. The molecule has 3 heterocycles. The van der Waals surface area contributed by atoms with Gasteiger partial charge in [0.15, 0.2) is 0 Å². The third kappa shape index (κ3) is 5.24. The number of para-hydroxylation sites is 2.